The molecule has 4 aliphatic carbocycles. The maximum atomic E-state index is 6.22. The summed E-state index contributed by atoms with van der Waals surface area (Å²) in [5.74, 6) is 3.15. The molecule has 23 heavy (non-hydrogen) atoms. The molecule has 0 saturated heterocycles. The lowest BCUT2D eigenvalue weighted by Gasteiger charge is -2.61. The average Bonchev–Trinajstić information content (AvgIpc) is 3.03. The van der Waals surface area contributed by atoms with E-state index in [2.05, 4.69) is 44.2 Å². The summed E-state index contributed by atoms with van der Waals surface area (Å²) in [6.45, 7) is 7.77. The highest BCUT2D eigenvalue weighted by Crippen LogP contribution is 2.61. The highest BCUT2D eigenvalue weighted by Gasteiger charge is 2.56. The van der Waals surface area contributed by atoms with Crippen LogP contribution in [-0.2, 0) is 11.3 Å². The first-order chi connectivity index (χ1) is 11.1. The molecule has 1 heterocycles. The second-order valence-electron chi connectivity index (χ2n) is 8.13. The molecule has 3 nitrogen and oxygen atoms in total. The van der Waals surface area contributed by atoms with Crippen LogP contribution in [0.4, 0.5) is 0 Å². The van der Waals surface area contributed by atoms with Crippen molar-refractivity contribution in [3.8, 4) is 0 Å². The number of ether oxygens (including phenoxy) is 1. The topological polar surface area (TPSA) is 35.3 Å². The van der Waals surface area contributed by atoms with E-state index in [-0.39, 0.29) is 0 Å². The van der Waals surface area contributed by atoms with Gasteiger partial charge in [-0.15, -0.1) is 0 Å². The zero-order chi connectivity index (χ0) is 16.0. The minimum absolute atomic E-state index is 0.376. The van der Waals surface area contributed by atoms with Gasteiger partial charge in [-0.25, -0.2) is 0 Å². The molecule has 0 aliphatic heterocycles. The zero-order valence-electron chi connectivity index (χ0n) is 14.4. The Bertz CT molecular complexity index is 640. The normalized spacial score (nSPS) is 34.8. The lowest BCUT2D eigenvalue weighted by atomic mass is 9.45. The van der Waals surface area contributed by atoms with Gasteiger partial charge in [0.2, 0.25) is 0 Å². The molecule has 0 amide bonds. The van der Waals surface area contributed by atoms with Crippen molar-refractivity contribution in [1.82, 2.24) is 5.16 Å². The second-order valence-corrected chi connectivity index (χ2v) is 8.13. The van der Waals surface area contributed by atoms with E-state index in [4.69, 9.17) is 9.26 Å². The molecule has 1 aromatic heterocycles. The third-order valence-electron chi connectivity index (χ3n) is 6.57. The SMILES string of the molecule is C[C@@H]1[C@H]2C[C@@H](C[C@H]1OCc1cc(C3=CCCC=C3)on1)C2(C)C. The summed E-state index contributed by atoms with van der Waals surface area (Å²) in [5.41, 5.74) is 2.56. The van der Waals surface area contributed by atoms with Gasteiger partial charge in [0.25, 0.3) is 0 Å². The molecule has 0 aromatic carbocycles. The molecule has 5 rings (SSSR count). The molecule has 3 fully saturated rings. The van der Waals surface area contributed by atoms with Gasteiger partial charge in [0.15, 0.2) is 5.76 Å². The number of nitrogens with zero attached hydrogens (tertiary/aromatic N) is 1. The first-order valence-corrected chi connectivity index (χ1v) is 9.00. The smallest absolute Gasteiger partial charge is 0.166 e. The van der Waals surface area contributed by atoms with Crippen molar-refractivity contribution in [3.05, 3.63) is 35.7 Å². The van der Waals surface area contributed by atoms with Crippen molar-refractivity contribution in [1.29, 1.82) is 0 Å². The second kappa shape index (κ2) is 5.62. The van der Waals surface area contributed by atoms with Gasteiger partial charge in [-0.1, -0.05) is 44.2 Å². The van der Waals surface area contributed by atoms with E-state index in [1.165, 1.54) is 12.8 Å². The first kappa shape index (κ1) is 15.2. The van der Waals surface area contributed by atoms with Crippen LogP contribution in [-0.4, -0.2) is 11.3 Å². The average molecular weight is 313 g/mol. The lowest BCUT2D eigenvalue weighted by Crippen LogP contribution is -2.57. The molecule has 4 aliphatic rings. The number of allylic oxidation sites excluding steroid dienone is 4. The van der Waals surface area contributed by atoms with E-state index >= 15 is 0 Å². The minimum atomic E-state index is 0.376. The number of hydrogen-bond acceptors (Lipinski definition) is 3. The van der Waals surface area contributed by atoms with Crippen LogP contribution in [0.3, 0.4) is 0 Å². The Morgan fingerprint density at radius 2 is 2.17 bits per heavy atom. The summed E-state index contributed by atoms with van der Waals surface area (Å²) >= 11 is 0. The molecule has 1 aromatic rings. The van der Waals surface area contributed by atoms with E-state index in [0.29, 0.717) is 24.0 Å². The fourth-order valence-electron chi connectivity index (χ4n) is 4.83. The quantitative estimate of drug-likeness (QED) is 0.785. The Morgan fingerprint density at radius 1 is 1.30 bits per heavy atom. The minimum Gasteiger partial charge on any atom is -0.371 e. The van der Waals surface area contributed by atoms with Crippen molar-refractivity contribution in [2.24, 2.45) is 23.2 Å². The van der Waals surface area contributed by atoms with Crippen LogP contribution in [0.15, 0.2) is 28.8 Å². The molecule has 0 N–H and O–H groups in total. The maximum Gasteiger partial charge on any atom is 0.166 e. The van der Waals surface area contributed by atoms with Crippen LogP contribution < -0.4 is 0 Å². The fourth-order valence-corrected chi connectivity index (χ4v) is 4.83. The molecule has 3 heteroatoms. The Kier molecular flexibility index (Phi) is 3.72. The van der Waals surface area contributed by atoms with Gasteiger partial charge in [0.05, 0.1) is 12.7 Å². The number of rotatable bonds is 4. The molecule has 2 bridgehead atoms. The molecule has 3 saturated carbocycles. The van der Waals surface area contributed by atoms with Gasteiger partial charge in [0, 0.05) is 11.6 Å². The van der Waals surface area contributed by atoms with Crippen LogP contribution in [0.2, 0.25) is 0 Å². The van der Waals surface area contributed by atoms with Crippen LogP contribution in [0.1, 0.15) is 57.9 Å². The fraction of sp³-hybridized carbons (Fsp3) is 0.650. The monoisotopic (exact) mass is 313 g/mol. The standard InChI is InChI=1S/C20H27NO2/c1-13-17-9-15(20(17,2)3)10-18(13)22-12-16-11-19(23-21-16)14-7-5-4-6-8-14/h5,7-8,11,13,15,17-18H,4,6,9-10,12H2,1-3H3/t13-,15+,17-,18-/m1/s1. The first-order valence-electron chi connectivity index (χ1n) is 9.00. The van der Waals surface area contributed by atoms with Gasteiger partial charge in [-0.2, -0.15) is 0 Å². The molecular formula is C20H27NO2. The van der Waals surface area contributed by atoms with Crippen molar-refractivity contribution in [2.75, 3.05) is 0 Å². The van der Waals surface area contributed by atoms with Crippen LogP contribution in [0.25, 0.3) is 5.57 Å². The maximum absolute atomic E-state index is 6.22. The molecule has 124 valence electrons. The van der Waals surface area contributed by atoms with Gasteiger partial charge < -0.3 is 9.26 Å². The van der Waals surface area contributed by atoms with Crippen molar-refractivity contribution < 1.29 is 9.26 Å². The van der Waals surface area contributed by atoms with Gasteiger partial charge in [0.1, 0.15) is 5.69 Å². The third kappa shape index (κ3) is 2.59. The van der Waals surface area contributed by atoms with E-state index in [0.717, 1.165) is 41.7 Å². The van der Waals surface area contributed by atoms with Gasteiger partial charge in [-0.05, 0) is 48.9 Å². The van der Waals surface area contributed by atoms with Crippen molar-refractivity contribution >= 4 is 5.57 Å². The van der Waals surface area contributed by atoms with E-state index < -0.39 is 0 Å². The largest absolute Gasteiger partial charge is 0.371 e. The third-order valence-corrected chi connectivity index (χ3v) is 6.57. The Labute approximate surface area is 138 Å². The zero-order valence-corrected chi connectivity index (χ0v) is 14.4. The van der Waals surface area contributed by atoms with E-state index in [1.807, 2.05) is 6.07 Å². The summed E-state index contributed by atoms with van der Waals surface area (Å²) in [6.07, 6.45) is 11.7. The van der Waals surface area contributed by atoms with Crippen LogP contribution in [0, 0.1) is 23.2 Å². The van der Waals surface area contributed by atoms with Gasteiger partial charge >= 0.3 is 0 Å². The summed E-state index contributed by atoms with van der Waals surface area (Å²) in [5, 5.41) is 4.18. The van der Waals surface area contributed by atoms with Crippen LogP contribution in [0.5, 0.6) is 0 Å². The van der Waals surface area contributed by atoms with E-state index in [1.54, 1.807) is 0 Å². The summed E-state index contributed by atoms with van der Waals surface area (Å²) < 4.78 is 11.7. The predicted octanol–water partition coefficient (Wildman–Crippen LogP) is 5.00. The number of fused-ring (bicyclic) bond motifs is 2. The van der Waals surface area contributed by atoms with Crippen molar-refractivity contribution in [3.63, 3.8) is 0 Å². The molecular weight excluding hydrogens is 286 g/mol. The summed E-state index contributed by atoms with van der Waals surface area (Å²) in [4.78, 5) is 0. The Morgan fingerprint density at radius 3 is 2.87 bits per heavy atom. The van der Waals surface area contributed by atoms with Crippen LogP contribution >= 0.6 is 0 Å². The summed E-state index contributed by atoms with van der Waals surface area (Å²) in [6, 6.07) is 2.03. The predicted molar refractivity (Wildman–Crippen MR) is 90.6 cm³/mol. The number of hydrogen-bond donors (Lipinski definition) is 0. The highest BCUT2D eigenvalue weighted by atomic mass is 16.5. The highest BCUT2D eigenvalue weighted by molar-refractivity contribution is 5.71. The molecule has 0 unspecified atom stereocenters. The Hall–Kier alpha value is -1.35. The molecule has 0 spiro atoms. The Balaban J connectivity index is 1.36. The number of aromatic nitrogens is 1. The molecule has 4 atom stereocenters. The lowest BCUT2D eigenvalue weighted by molar-refractivity contribution is -0.175. The van der Waals surface area contributed by atoms with E-state index in [9.17, 15) is 0 Å². The van der Waals surface area contributed by atoms with Gasteiger partial charge in [-0.3, -0.25) is 0 Å². The molecule has 0 radical (unpaired) electrons. The summed E-state index contributed by atoms with van der Waals surface area (Å²) in [7, 11) is 0. The van der Waals surface area contributed by atoms with Crippen molar-refractivity contribution in [2.45, 2.75) is 59.2 Å².